The number of hydrogen-bond donors (Lipinski definition) is 0. The number of nitrogens with zero attached hydrogens (tertiary/aromatic N) is 5. The van der Waals surface area contributed by atoms with E-state index in [2.05, 4.69) is 21.3 Å². The molecule has 2 heterocycles. The third-order valence-corrected chi connectivity index (χ3v) is 5.36. The smallest absolute Gasteiger partial charge is 0.276 e. The van der Waals surface area contributed by atoms with Gasteiger partial charge >= 0.3 is 0 Å². The molecule has 1 aromatic heterocycles. The number of likely N-dealkylation sites (tertiary alicyclic amines) is 1. The quantitative estimate of drug-likeness (QED) is 0.777. The van der Waals surface area contributed by atoms with Crippen LogP contribution in [0.25, 0.3) is 0 Å². The molecular formula is C19H26ClN5O. The molecule has 0 aliphatic carbocycles. The molecule has 0 N–H and O–H groups in total. The Morgan fingerprint density at radius 3 is 2.81 bits per heavy atom. The second kappa shape index (κ2) is 8.64. The summed E-state index contributed by atoms with van der Waals surface area (Å²) in [6, 6.07) is 8.21. The number of amides is 1. The summed E-state index contributed by atoms with van der Waals surface area (Å²) in [6.45, 7) is 8.05. The minimum atomic E-state index is -0.0509. The van der Waals surface area contributed by atoms with Crippen LogP contribution in [0.4, 0.5) is 0 Å². The van der Waals surface area contributed by atoms with E-state index in [1.165, 1.54) is 0 Å². The Hall–Kier alpha value is -1.92. The first kappa shape index (κ1) is 18.9. The van der Waals surface area contributed by atoms with E-state index >= 15 is 0 Å². The van der Waals surface area contributed by atoms with Crippen LogP contribution in [0.3, 0.4) is 0 Å². The maximum Gasteiger partial charge on any atom is 0.276 e. The molecule has 0 saturated carbocycles. The number of carbonyl (C=O) groups is 1. The van der Waals surface area contributed by atoms with Gasteiger partial charge in [0.25, 0.3) is 5.91 Å². The molecule has 7 heteroatoms. The van der Waals surface area contributed by atoms with Gasteiger partial charge < -0.3 is 4.90 Å². The van der Waals surface area contributed by atoms with Crippen molar-refractivity contribution in [2.45, 2.75) is 39.3 Å². The number of hydrogen-bond acceptors (Lipinski definition) is 4. The molecule has 0 spiro atoms. The molecule has 140 valence electrons. The Labute approximate surface area is 159 Å². The first-order valence-corrected chi connectivity index (χ1v) is 9.67. The van der Waals surface area contributed by atoms with Crippen LogP contribution in [0.2, 0.25) is 5.02 Å². The Morgan fingerprint density at radius 1 is 1.31 bits per heavy atom. The van der Waals surface area contributed by atoms with E-state index in [9.17, 15) is 4.79 Å². The number of rotatable bonds is 6. The standard InChI is InChI=1S/C19H26ClN5O/c1-3-24(4-2)19(26)18-14-25(22-21-18)16-9-7-11-23(13-16)12-15-8-5-6-10-17(15)20/h5-6,8,10,14,16H,3-4,7,9,11-13H2,1-2H3. The maximum atomic E-state index is 12.4. The molecule has 1 aliphatic rings. The maximum absolute atomic E-state index is 12.4. The van der Waals surface area contributed by atoms with Gasteiger partial charge in [-0.3, -0.25) is 9.69 Å². The van der Waals surface area contributed by atoms with Crippen LogP contribution in [-0.4, -0.2) is 56.9 Å². The number of benzene rings is 1. The molecule has 0 radical (unpaired) electrons. The second-order valence-corrected chi connectivity index (χ2v) is 7.09. The molecule has 1 unspecified atom stereocenters. The van der Waals surface area contributed by atoms with Gasteiger partial charge in [-0.2, -0.15) is 0 Å². The highest BCUT2D eigenvalue weighted by molar-refractivity contribution is 6.31. The van der Waals surface area contributed by atoms with Gasteiger partial charge in [-0.15, -0.1) is 5.10 Å². The van der Waals surface area contributed by atoms with Crippen molar-refractivity contribution in [3.05, 3.63) is 46.7 Å². The van der Waals surface area contributed by atoms with E-state index in [0.717, 1.165) is 43.1 Å². The van der Waals surface area contributed by atoms with Gasteiger partial charge in [0, 0.05) is 31.2 Å². The predicted molar refractivity (Wildman–Crippen MR) is 102 cm³/mol. The van der Waals surface area contributed by atoms with E-state index < -0.39 is 0 Å². The Balaban J connectivity index is 1.66. The lowest BCUT2D eigenvalue weighted by Gasteiger charge is -2.32. The van der Waals surface area contributed by atoms with Crippen LogP contribution in [0, 0.1) is 0 Å². The van der Waals surface area contributed by atoms with Crippen LogP contribution in [0.1, 0.15) is 48.8 Å². The van der Waals surface area contributed by atoms with E-state index in [0.29, 0.717) is 18.8 Å². The highest BCUT2D eigenvalue weighted by Gasteiger charge is 2.24. The zero-order valence-electron chi connectivity index (χ0n) is 15.4. The van der Waals surface area contributed by atoms with Crippen LogP contribution in [-0.2, 0) is 6.54 Å². The third-order valence-electron chi connectivity index (χ3n) is 4.99. The monoisotopic (exact) mass is 375 g/mol. The summed E-state index contributed by atoms with van der Waals surface area (Å²) in [5, 5.41) is 9.16. The molecular weight excluding hydrogens is 350 g/mol. The normalized spacial score (nSPS) is 18.0. The minimum Gasteiger partial charge on any atom is -0.338 e. The van der Waals surface area contributed by atoms with Crippen molar-refractivity contribution in [2.24, 2.45) is 0 Å². The fraction of sp³-hybridized carbons (Fsp3) is 0.526. The number of piperidine rings is 1. The number of halogens is 1. The van der Waals surface area contributed by atoms with Crippen LogP contribution in [0.5, 0.6) is 0 Å². The fourth-order valence-electron chi connectivity index (χ4n) is 3.48. The van der Waals surface area contributed by atoms with Gasteiger partial charge in [0.1, 0.15) is 0 Å². The Bertz CT molecular complexity index is 743. The van der Waals surface area contributed by atoms with Crippen molar-refractivity contribution in [1.82, 2.24) is 24.8 Å². The summed E-state index contributed by atoms with van der Waals surface area (Å²) in [4.78, 5) is 16.6. The van der Waals surface area contributed by atoms with Gasteiger partial charge in [-0.25, -0.2) is 4.68 Å². The van der Waals surface area contributed by atoms with Gasteiger partial charge in [0.15, 0.2) is 5.69 Å². The van der Waals surface area contributed by atoms with E-state index in [1.54, 1.807) is 11.1 Å². The Kier molecular flexibility index (Phi) is 6.27. The van der Waals surface area contributed by atoms with Crippen LogP contribution >= 0.6 is 11.6 Å². The molecule has 1 aromatic carbocycles. The largest absolute Gasteiger partial charge is 0.338 e. The summed E-state index contributed by atoms with van der Waals surface area (Å²) in [5.74, 6) is -0.0509. The zero-order chi connectivity index (χ0) is 18.5. The highest BCUT2D eigenvalue weighted by Crippen LogP contribution is 2.24. The van der Waals surface area contributed by atoms with Crippen molar-refractivity contribution in [1.29, 1.82) is 0 Å². The van der Waals surface area contributed by atoms with Crippen molar-refractivity contribution >= 4 is 17.5 Å². The average Bonchev–Trinajstić information content (AvgIpc) is 3.15. The summed E-state index contributed by atoms with van der Waals surface area (Å²) in [6.07, 6.45) is 3.93. The lowest BCUT2D eigenvalue weighted by Crippen LogP contribution is -2.36. The van der Waals surface area contributed by atoms with Crippen molar-refractivity contribution < 1.29 is 4.79 Å². The molecule has 1 fully saturated rings. The van der Waals surface area contributed by atoms with Crippen LogP contribution < -0.4 is 0 Å². The van der Waals surface area contributed by atoms with Gasteiger partial charge in [-0.1, -0.05) is 35.0 Å². The number of aromatic nitrogens is 3. The lowest BCUT2D eigenvalue weighted by atomic mass is 10.0. The van der Waals surface area contributed by atoms with Crippen molar-refractivity contribution in [3.63, 3.8) is 0 Å². The highest BCUT2D eigenvalue weighted by atomic mass is 35.5. The Morgan fingerprint density at radius 2 is 2.08 bits per heavy atom. The fourth-order valence-corrected chi connectivity index (χ4v) is 3.68. The molecule has 1 atom stereocenters. The third kappa shape index (κ3) is 4.24. The average molecular weight is 376 g/mol. The predicted octanol–water partition coefficient (Wildman–Crippen LogP) is 3.25. The van der Waals surface area contributed by atoms with Crippen LogP contribution in [0.15, 0.2) is 30.5 Å². The van der Waals surface area contributed by atoms with E-state index in [1.807, 2.05) is 36.7 Å². The molecule has 3 rings (SSSR count). The number of carbonyl (C=O) groups excluding carboxylic acids is 1. The zero-order valence-corrected chi connectivity index (χ0v) is 16.2. The molecule has 0 bridgehead atoms. The lowest BCUT2D eigenvalue weighted by molar-refractivity contribution is 0.0767. The van der Waals surface area contributed by atoms with Gasteiger partial charge in [-0.05, 0) is 44.9 Å². The SMILES string of the molecule is CCN(CC)C(=O)c1cn(C2CCCN(Cc3ccccc3Cl)C2)nn1. The summed E-state index contributed by atoms with van der Waals surface area (Å²) >= 11 is 6.30. The molecule has 1 saturated heterocycles. The van der Waals surface area contributed by atoms with Crippen molar-refractivity contribution in [3.8, 4) is 0 Å². The molecule has 2 aromatic rings. The second-order valence-electron chi connectivity index (χ2n) is 6.68. The van der Waals surface area contributed by atoms with Gasteiger partial charge in [0.2, 0.25) is 0 Å². The van der Waals surface area contributed by atoms with E-state index in [4.69, 9.17) is 11.6 Å². The topological polar surface area (TPSA) is 54.3 Å². The molecule has 1 aliphatic heterocycles. The molecule has 26 heavy (non-hydrogen) atoms. The van der Waals surface area contributed by atoms with Gasteiger partial charge in [0.05, 0.1) is 12.2 Å². The summed E-state index contributed by atoms with van der Waals surface area (Å²) in [5.41, 5.74) is 1.57. The minimum absolute atomic E-state index is 0.0509. The van der Waals surface area contributed by atoms with Crippen molar-refractivity contribution in [2.75, 3.05) is 26.2 Å². The summed E-state index contributed by atoms with van der Waals surface area (Å²) in [7, 11) is 0. The summed E-state index contributed by atoms with van der Waals surface area (Å²) < 4.78 is 1.86. The first-order chi connectivity index (χ1) is 12.6. The molecule has 6 nitrogen and oxygen atoms in total. The first-order valence-electron chi connectivity index (χ1n) is 9.29. The van der Waals surface area contributed by atoms with E-state index in [-0.39, 0.29) is 11.9 Å². The molecule has 1 amide bonds.